The van der Waals surface area contributed by atoms with Gasteiger partial charge in [0.25, 0.3) is 0 Å². The van der Waals surface area contributed by atoms with E-state index in [1.807, 2.05) is 0 Å². The number of esters is 1. The summed E-state index contributed by atoms with van der Waals surface area (Å²) in [5.74, 6) is -1.86. The van der Waals surface area contributed by atoms with Crippen molar-refractivity contribution >= 4 is 17.7 Å². The molecular weight excluding hydrogens is 300 g/mol. The van der Waals surface area contributed by atoms with Crippen molar-refractivity contribution < 1.29 is 32.2 Å². The van der Waals surface area contributed by atoms with Gasteiger partial charge in [-0.1, -0.05) is 11.8 Å². The van der Waals surface area contributed by atoms with Crippen molar-refractivity contribution in [3.05, 3.63) is 34.5 Å². The number of methoxy groups -OCH3 is 1. The summed E-state index contributed by atoms with van der Waals surface area (Å²) in [6, 6.07) is 3.75. The van der Waals surface area contributed by atoms with Gasteiger partial charge < -0.3 is 9.84 Å². The van der Waals surface area contributed by atoms with Crippen LogP contribution in [0.2, 0.25) is 0 Å². The molecule has 0 aliphatic carbocycles. The number of benzene rings is 1. The molecule has 0 radical (unpaired) electrons. The fraction of sp³-hybridized carbons (Fsp3) is 0.250. The Kier molecular flexibility index (Phi) is 5.04. The number of alkyl halides is 3. The first-order chi connectivity index (χ1) is 9.16. The minimum atomic E-state index is -5.16. The zero-order chi connectivity index (χ0) is 15.5. The van der Waals surface area contributed by atoms with Crippen molar-refractivity contribution in [3.63, 3.8) is 0 Å². The molecule has 110 valence electrons. The lowest BCUT2D eigenvalue weighted by molar-refractivity contribution is -0.148. The minimum absolute atomic E-state index is 0.0669. The van der Waals surface area contributed by atoms with Crippen LogP contribution in [0.25, 0.3) is 0 Å². The van der Waals surface area contributed by atoms with Crippen molar-refractivity contribution in [2.75, 3.05) is 7.11 Å². The number of phenolic OH excluding ortho intramolecular Hbond substituents is 1. The van der Waals surface area contributed by atoms with E-state index >= 15 is 0 Å². The van der Waals surface area contributed by atoms with Gasteiger partial charge in [-0.15, -0.1) is 0 Å². The van der Waals surface area contributed by atoms with Crippen molar-refractivity contribution in [2.24, 2.45) is 0 Å². The van der Waals surface area contributed by atoms with Gasteiger partial charge in [-0.25, -0.2) is 4.79 Å². The van der Waals surface area contributed by atoms with Gasteiger partial charge in [-0.2, -0.15) is 17.6 Å². The molecule has 1 aromatic rings. The number of hydrogen-bond acceptors (Lipinski definition) is 4. The summed E-state index contributed by atoms with van der Waals surface area (Å²) in [7, 11) is 0.733. The number of aryl methyl sites for hydroxylation is 1. The summed E-state index contributed by atoms with van der Waals surface area (Å²) in [5, 5.41) is 7.56. The van der Waals surface area contributed by atoms with E-state index < -0.39 is 22.9 Å². The Balaban J connectivity index is 3.16. The molecule has 0 aromatic heterocycles. The highest BCUT2D eigenvalue weighted by Crippen LogP contribution is 2.38. The van der Waals surface area contributed by atoms with Crippen molar-refractivity contribution in [2.45, 2.75) is 18.0 Å². The van der Waals surface area contributed by atoms with Gasteiger partial charge in [-0.05, 0) is 30.7 Å². The van der Waals surface area contributed by atoms with Crippen LogP contribution in [-0.2, 0) is 9.53 Å². The molecule has 0 saturated carbocycles. The first-order valence-corrected chi connectivity index (χ1v) is 6.01. The normalized spacial score (nSPS) is 12.9. The number of aromatic hydroxyl groups is 1. The third kappa shape index (κ3) is 3.89. The van der Waals surface area contributed by atoms with Crippen LogP contribution in [-0.4, -0.2) is 24.4 Å². The number of ether oxygens (including phenoxy) is 1. The maximum atomic E-state index is 13.7. The smallest absolute Gasteiger partial charge is 0.426 e. The van der Waals surface area contributed by atoms with Crippen LogP contribution in [0.3, 0.4) is 0 Å². The largest absolute Gasteiger partial charge is 0.508 e. The van der Waals surface area contributed by atoms with E-state index in [0.29, 0.717) is 5.56 Å². The third-order valence-electron chi connectivity index (χ3n) is 2.25. The SMILES string of the molecule is COC(=O)C(=C(F)Sc1ccc(O)c(C)c1)C(F)(F)F. The second-order valence-electron chi connectivity index (χ2n) is 3.69. The molecule has 1 N–H and O–H groups in total. The fourth-order valence-electron chi connectivity index (χ4n) is 1.26. The Morgan fingerprint density at radius 3 is 2.40 bits per heavy atom. The highest BCUT2D eigenvalue weighted by Gasteiger charge is 2.43. The second kappa shape index (κ2) is 6.17. The molecular formula is C12H10F4O3S. The Labute approximate surface area is 116 Å². The molecule has 0 heterocycles. The molecule has 0 amide bonds. The molecule has 3 nitrogen and oxygen atoms in total. The lowest BCUT2D eigenvalue weighted by Gasteiger charge is -2.11. The number of phenols is 1. The summed E-state index contributed by atoms with van der Waals surface area (Å²) < 4.78 is 55.4. The number of rotatable bonds is 3. The molecule has 0 fully saturated rings. The average molecular weight is 310 g/mol. The lowest BCUT2D eigenvalue weighted by Crippen LogP contribution is -2.22. The number of carbonyl (C=O) groups excluding carboxylic acids is 1. The van der Waals surface area contributed by atoms with Crippen LogP contribution in [0.5, 0.6) is 5.75 Å². The van der Waals surface area contributed by atoms with E-state index in [1.165, 1.54) is 25.1 Å². The quantitative estimate of drug-likeness (QED) is 0.400. The van der Waals surface area contributed by atoms with Crippen LogP contribution < -0.4 is 0 Å². The molecule has 1 rings (SSSR count). The van der Waals surface area contributed by atoms with E-state index in [-0.39, 0.29) is 22.4 Å². The second-order valence-corrected chi connectivity index (χ2v) is 4.72. The van der Waals surface area contributed by atoms with Crippen LogP contribution in [0.1, 0.15) is 5.56 Å². The highest BCUT2D eigenvalue weighted by molar-refractivity contribution is 8.03. The summed E-state index contributed by atoms with van der Waals surface area (Å²) in [5.41, 5.74) is -1.62. The van der Waals surface area contributed by atoms with Gasteiger partial charge in [0.2, 0.25) is 0 Å². The zero-order valence-electron chi connectivity index (χ0n) is 10.4. The van der Waals surface area contributed by atoms with E-state index in [0.717, 1.165) is 7.11 Å². The van der Waals surface area contributed by atoms with Crippen LogP contribution >= 0.6 is 11.8 Å². The molecule has 20 heavy (non-hydrogen) atoms. The van der Waals surface area contributed by atoms with E-state index in [2.05, 4.69) is 4.74 Å². The Bertz CT molecular complexity index is 552. The number of halogens is 4. The Hall–Kier alpha value is -1.70. The van der Waals surface area contributed by atoms with Crippen molar-refractivity contribution in [3.8, 4) is 5.75 Å². The lowest BCUT2D eigenvalue weighted by atomic mass is 10.2. The Morgan fingerprint density at radius 2 is 1.95 bits per heavy atom. The molecule has 8 heteroatoms. The van der Waals surface area contributed by atoms with Gasteiger partial charge in [0.15, 0.2) is 10.7 Å². The zero-order valence-corrected chi connectivity index (χ0v) is 11.2. The number of thioether (sulfide) groups is 1. The first kappa shape index (κ1) is 16.4. The van der Waals surface area contributed by atoms with Crippen LogP contribution in [0.4, 0.5) is 17.6 Å². The summed E-state index contributed by atoms with van der Waals surface area (Å²) >= 11 is 0.126. The molecule has 0 aliphatic heterocycles. The van der Waals surface area contributed by atoms with E-state index in [1.54, 1.807) is 0 Å². The predicted molar refractivity (Wildman–Crippen MR) is 64.9 cm³/mol. The standard InChI is InChI=1S/C12H10F4O3S/c1-6-5-7(3-4-8(6)17)20-10(13)9(11(18)19-2)12(14,15)16/h3-5,17H,1-2H3. The minimum Gasteiger partial charge on any atom is -0.508 e. The van der Waals surface area contributed by atoms with Gasteiger partial charge >= 0.3 is 12.1 Å². The van der Waals surface area contributed by atoms with Crippen LogP contribution in [0.15, 0.2) is 33.8 Å². The summed E-state index contributed by atoms with van der Waals surface area (Å²) in [4.78, 5) is 11.1. The molecule has 0 unspecified atom stereocenters. The molecule has 0 saturated heterocycles. The first-order valence-electron chi connectivity index (χ1n) is 5.19. The Morgan fingerprint density at radius 1 is 1.35 bits per heavy atom. The molecule has 0 bridgehead atoms. The van der Waals surface area contributed by atoms with E-state index in [9.17, 15) is 27.5 Å². The summed E-state index contributed by atoms with van der Waals surface area (Å²) in [6.45, 7) is 1.51. The van der Waals surface area contributed by atoms with Crippen molar-refractivity contribution in [1.29, 1.82) is 0 Å². The van der Waals surface area contributed by atoms with Gasteiger partial charge in [0.1, 0.15) is 5.75 Å². The molecule has 0 aliphatic rings. The molecule has 0 spiro atoms. The van der Waals surface area contributed by atoms with E-state index in [4.69, 9.17) is 0 Å². The maximum Gasteiger partial charge on any atom is 0.426 e. The maximum absolute atomic E-state index is 13.7. The predicted octanol–water partition coefficient (Wildman–Crippen LogP) is 3.71. The fourth-order valence-corrected chi connectivity index (χ4v) is 2.14. The van der Waals surface area contributed by atoms with Crippen LogP contribution in [0, 0.1) is 6.92 Å². The topological polar surface area (TPSA) is 46.5 Å². The molecule has 0 atom stereocenters. The van der Waals surface area contributed by atoms with Gasteiger partial charge in [0.05, 0.1) is 7.11 Å². The summed E-state index contributed by atoms with van der Waals surface area (Å²) in [6.07, 6.45) is -5.16. The number of hydrogen-bond donors (Lipinski definition) is 1. The molecule has 1 aromatic carbocycles. The van der Waals surface area contributed by atoms with Crippen molar-refractivity contribution in [1.82, 2.24) is 0 Å². The number of carbonyl (C=O) groups is 1. The van der Waals surface area contributed by atoms with Gasteiger partial charge in [-0.3, -0.25) is 0 Å². The van der Waals surface area contributed by atoms with Gasteiger partial charge in [0, 0.05) is 4.90 Å². The third-order valence-corrected chi connectivity index (χ3v) is 3.12. The monoisotopic (exact) mass is 310 g/mol. The highest BCUT2D eigenvalue weighted by atomic mass is 32.2. The average Bonchev–Trinajstić information content (AvgIpc) is 2.32.